The monoisotopic (exact) mass is 612 g/mol. The van der Waals surface area contributed by atoms with Crippen molar-refractivity contribution in [2.45, 2.75) is 103 Å². The zero-order valence-corrected chi connectivity index (χ0v) is 29.0. The molecule has 0 aromatic heterocycles. The number of carbonyl (C=O) groups excluding carboxylic acids is 3. The number of carbonyl (C=O) groups is 3. The van der Waals surface area contributed by atoms with Gasteiger partial charge in [0.05, 0.1) is 12.7 Å². The van der Waals surface area contributed by atoms with Crippen molar-refractivity contribution in [2.24, 2.45) is 5.73 Å². The number of esters is 2. The van der Waals surface area contributed by atoms with Gasteiger partial charge in [-0.25, -0.2) is 9.59 Å². The maximum atomic E-state index is 13.7. The van der Waals surface area contributed by atoms with Crippen LogP contribution in [0.25, 0.3) is 0 Å². The van der Waals surface area contributed by atoms with E-state index >= 15 is 0 Å². The van der Waals surface area contributed by atoms with E-state index in [1.807, 2.05) is 13.0 Å². The SMILES string of the molecule is COC(=O)[C@@H]1CSCc2c(O[Si](C)(C)C(C)(C)C)cc(O[Si](C)(C)C(C)(C)C)c(C)c2C(=O)OC[C@H](N)C(=O)N1. The van der Waals surface area contributed by atoms with Crippen molar-refractivity contribution in [3.63, 3.8) is 0 Å². The molecule has 1 heterocycles. The molecule has 1 aliphatic rings. The third kappa shape index (κ3) is 7.83. The highest BCUT2D eigenvalue weighted by Gasteiger charge is 2.42. The predicted octanol–water partition coefficient (Wildman–Crippen LogP) is 5.15. The van der Waals surface area contributed by atoms with Gasteiger partial charge in [0, 0.05) is 28.7 Å². The maximum absolute atomic E-state index is 13.7. The number of cyclic esters (lactones) is 1. The van der Waals surface area contributed by atoms with Crippen LogP contribution in [0, 0.1) is 6.92 Å². The smallest absolute Gasteiger partial charge is 0.339 e. The summed E-state index contributed by atoms with van der Waals surface area (Å²) in [6.45, 7) is 23.0. The van der Waals surface area contributed by atoms with Crippen LogP contribution in [0.2, 0.25) is 36.3 Å². The molecule has 2 atom stereocenters. The first kappa shape index (κ1) is 34.2. The molecule has 9 nitrogen and oxygen atoms in total. The van der Waals surface area contributed by atoms with Crippen LogP contribution in [0.15, 0.2) is 6.07 Å². The number of hydrogen-bond acceptors (Lipinski definition) is 9. The van der Waals surface area contributed by atoms with E-state index in [0.29, 0.717) is 33.9 Å². The lowest BCUT2D eigenvalue weighted by Crippen LogP contribution is -2.51. The minimum absolute atomic E-state index is 0.0743. The van der Waals surface area contributed by atoms with Gasteiger partial charge in [-0.15, -0.1) is 0 Å². The molecular weight excluding hydrogens is 565 g/mol. The number of rotatable bonds is 5. The highest BCUT2D eigenvalue weighted by Crippen LogP contribution is 2.45. The summed E-state index contributed by atoms with van der Waals surface area (Å²) < 4.78 is 24.1. The summed E-state index contributed by atoms with van der Waals surface area (Å²) in [4.78, 5) is 38.7. The fourth-order valence-electron chi connectivity index (χ4n) is 3.44. The second-order valence-electron chi connectivity index (χ2n) is 13.4. The zero-order valence-electron chi connectivity index (χ0n) is 26.2. The van der Waals surface area contributed by atoms with E-state index in [2.05, 4.69) is 73.0 Å². The molecule has 1 aromatic carbocycles. The molecule has 0 unspecified atom stereocenters. The Morgan fingerprint density at radius 3 is 2.05 bits per heavy atom. The molecule has 0 saturated heterocycles. The molecule has 3 N–H and O–H groups in total. The number of ether oxygens (including phenoxy) is 2. The predicted molar refractivity (Wildman–Crippen MR) is 165 cm³/mol. The average Bonchev–Trinajstić information content (AvgIpc) is 2.81. The summed E-state index contributed by atoms with van der Waals surface area (Å²) >= 11 is 1.39. The van der Waals surface area contributed by atoms with Crippen molar-refractivity contribution in [3.8, 4) is 11.5 Å². The Labute approximate surface area is 245 Å². The maximum Gasteiger partial charge on any atom is 0.339 e. The molecule has 0 fully saturated rings. The van der Waals surface area contributed by atoms with Crippen molar-refractivity contribution >= 4 is 46.2 Å². The summed E-state index contributed by atoms with van der Waals surface area (Å²) in [6, 6.07) is -0.141. The van der Waals surface area contributed by atoms with Crippen molar-refractivity contribution in [2.75, 3.05) is 19.5 Å². The van der Waals surface area contributed by atoms with Crippen LogP contribution in [0.1, 0.15) is 63.0 Å². The molecule has 0 saturated carbocycles. The van der Waals surface area contributed by atoms with Gasteiger partial charge >= 0.3 is 11.9 Å². The van der Waals surface area contributed by atoms with Gasteiger partial charge in [0.25, 0.3) is 0 Å². The van der Waals surface area contributed by atoms with Gasteiger partial charge in [-0.3, -0.25) is 4.79 Å². The molecule has 0 radical (unpaired) electrons. The zero-order chi connectivity index (χ0) is 30.8. The summed E-state index contributed by atoms with van der Waals surface area (Å²) in [7, 11) is -3.37. The largest absolute Gasteiger partial charge is 0.543 e. The molecule has 0 spiro atoms. The molecule has 1 aliphatic heterocycles. The number of nitrogens with one attached hydrogen (secondary N) is 1. The van der Waals surface area contributed by atoms with Crippen LogP contribution in [0.4, 0.5) is 0 Å². The first-order chi connectivity index (χ1) is 18.1. The van der Waals surface area contributed by atoms with Crippen molar-refractivity contribution in [1.29, 1.82) is 0 Å². The topological polar surface area (TPSA) is 126 Å². The summed E-state index contributed by atoms with van der Waals surface area (Å²) in [5.41, 5.74) is 7.68. The normalized spacial score (nSPS) is 19.8. The summed E-state index contributed by atoms with van der Waals surface area (Å²) in [5, 5.41) is 2.44. The van der Waals surface area contributed by atoms with E-state index in [4.69, 9.17) is 24.1 Å². The Hall–Kier alpha value is -2.03. The van der Waals surface area contributed by atoms with E-state index in [1.165, 1.54) is 18.9 Å². The van der Waals surface area contributed by atoms with Crippen molar-refractivity contribution < 1.29 is 32.7 Å². The third-order valence-electron chi connectivity index (χ3n) is 8.22. The molecule has 12 heteroatoms. The second-order valence-corrected chi connectivity index (χ2v) is 23.9. The van der Waals surface area contributed by atoms with Crippen LogP contribution in [0.5, 0.6) is 11.5 Å². The number of nitrogens with two attached hydrogens (primary N) is 1. The molecule has 1 aromatic rings. The van der Waals surface area contributed by atoms with Gasteiger partial charge < -0.3 is 29.4 Å². The molecule has 40 heavy (non-hydrogen) atoms. The quantitative estimate of drug-likeness (QED) is 0.343. The summed E-state index contributed by atoms with van der Waals surface area (Å²) in [6.07, 6.45) is 0. The van der Waals surface area contributed by atoms with Gasteiger partial charge in [-0.05, 0) is 43.2 Å². The summed E-state index contributed by atoms with van der Waals surface area (Å²) in [5.74, 6) is -0.0476. The van der Waals surface area contributed by atoms with Gasteiger partial charge in [-0.1, -0.05) is 41.5 Å². The first-order valence-electron chi connectivity index (χ1n) is 13.6. The van der Waals surface area contributed by atoms with Crippen LogP contribution in [-0.4, -0.2) is 66.0 Å². The molecule has 0 bridgehead atoms. The number of hydrogen-bond donors (Lipinski definition) is 2. The molecule has 2 rings (SSSR count). The lowest BCUT2D eigenvalue weighted by Gasteiger charge is -2.39. The van der Waals surface area contributed by atoms with Gasteiger partial charge in [0.1, 0.15) is 30.2 Å². The van der Waals surface area contributed by atoms with Gasteiger partial charge in [0.2, 0.25) is 22.5 Å². The van der Waals surface area contributed by atoms with Gasteiger partial charge in [-0.2, -0.15) is 11.8 Å². The van der Waals surface area contributed by atoms with E-state index in [0.717, 1.165) is 0 Å². The number of benzene rings is 1. The Bertz CT molecular complexity index is 1130. The van der Waals surface area contributed by atoms with Crippen LogP contribution in [0.3, 0.4) is 0 Å². The van der Waals surface area contributed by atoms with E-state index in [1.54, 1.807) is 0 Å². The Balaban J connectivity index is 2.78. The van der Waals surface area contributed by atoms with Crippen molar-refractivity contribution in [3.05, 3.63) is 22.8 Å². The van der Waals surface area contributed by atoms with E-state index in [9.17, 15) is 14.4 Å². The lowest BCUT2D eigenvalue weighted by atomic mass is 10.0. The van der Waals surface area contributed by atoms with Crippen LogP contribution < -0.4 is 19.9 Å². The van der Waals surface area contributed by atoms with Gasteiger partial charge in [0.15, 0.2) is 0 Å². The number of fused-ring (bicyclic) bond motifs is 1. The molecule has 0 aliphatic carbocycles. The minimum atomic E-state index is -2.35. The molecule has 226 valence electrons. The number of amides is 1. The number of thioether (sulfide) groups is 1. The van der Waals surface area contributed by atoms with Crippen LogP contribution >= 0.6 is 11.8 Å². The molecular formula is C28H48N2O7SSi2. The van der Waals surface area contributed by atoms with Crippen LogP contribution in [-0.2, 0) is 24.8 Å². The van der Waals surface area contributed by atoms with E-state index < -0.39 is 46.6 Å². The minimum Gasteiger partial charge on any atom is -0.543 e. The second kappa shape index (κ2) is 12.5. The average molecular weight is 613 g/mol. The fraction of sp³-hybridized carbons (Fsp3) is 0.679. The highest BCUT2D eigenvalue weighted by molar-refractivity contribution is 7.98. The third-order valence-corrected chi connectivity index (χ3v) is 18.0. The Morgan fingerprint density at radius 2 is 1.55 bits per heavy atom. The van der Waals surface area contributed by atoms with E-state index in [-0.39, 0.29) is 22.4 Å². The number of methoxy groups -OCH3 is 1. The first-order valence-corrected chi connectivity index (χ1v) is 20.5. The molecule has 1 amide bonds. The fourth-order valence-corrected chi connectivity index (χ4v) is 6.61. The Morgan fingerprint density at radius 1 is 1.02 bits per heavy atom. The Kier molecular flexibility index (Phi) is 10.6. The lowest BCUT2D eigenvalue weighted by molar-refractivity contribution is -0.144. The van der Waals surface area contributed by atoms with Crippen molar-refractivity contribution in [1.82, 2.24) is 5.32 Å². The highest BCUT2D eigenvalue weighted by atomic mass is 32.2. The standard InChI is InChI=1S/C28H48N2O7SSi2/c1-17-21(36-39(9,10)27(2,3)4)13-22(37-40(11,12)28(5,6)7)18-15-38-16-20(25(32)34-8)30-24(31)19(29)14-35-26(33)23(17)18/h13,19-20H,14-16,29H2,1-12H3,(H,30,31)/t19-,20-/m0/s1.